The Kier molecular flexibility index (Phi) is 6.26. The molecule has 0 radical (unpaired) electrons. The molecule has 0 unspecified atom stereocenters. The van der Waals surface area contributed by atoms with Crippen molar-refractivity contribution in [2.45, 2.75) is 0 Å². The third kappa shape index (κ3) is 5.40. The highest BCUT2D eigenvalue weighted by atomic mass is 35.5. The van der Waals surface area contributed by atoms with Gasteiger partial charge in [-0.05, 0) is 30.3 Å². The van der Waals surface area contributed by atoms with Crippen LogP contribution in [0, 0.1) is 11.6 Å². The highest BCUT2D eigenvalue weighted by Crippen LogP contribution is 2.22. The number of benzene rings is 2. The van der Waals surface area contributed by atoms with E-state index in [-0.39, 0.29) is 35.1 Å². The highest BCUT2D eigenvalue weighted by molar-refractivity contribution is 6.31. The molecule has 0 bridgehead atoms. The molecule has 2 aromatic carbocycles. The van der Waals surface area contributed by atoms with Gasteiger partial charge in [-0.15, -0.1) is 0 Å². The fourth-order valence-electron chi connectivity index (χ4n) is 1.99. The number of rotatable bonds is 5. The molecule has 0 aliphatic carbocycles. The van der Waals surface area contributed by atoms with Crippen molar-refractivity contribution in [2.75, 3.05) is 23.8 Å². The topological polar surface area (TPSA) is 90.5 Å². The summed E-state index contributed by atoms with van der Waals surface area (Å²) in [6.07, 6.45) is 0. The van der Waals surface area contributed by atoms with Gasteiger partial charge in [0.25, 0.3) is 5.91 Å². The van der Waals surface area contributed by atoms with Gasteiger partial charge in [-0.1, -0.05) is 11.6 Å². The average molecular weight is 370 g/mol. The van der Waals surface area contributed by atoms with Crippen LogP contribution in [-0.2, 0) is 0 Å². The predicted octanol–water partition coefficient (Wildman–Crippen LogP) is 2.98. The maximum absolute atomic E-state index is 13.1. The molecule has 0 saturated heterocycles. The number of carbonyl (C=O) groups is 2. The Bertz CT molecular complexity index is 782. The first-order chi connectivity index (χ1) is 11.9. The zero-order valence-electron chi connectivity index (χ0n) is 12.8. The van der Waals surface area contributed by atoms with Crippen LogP contribution >= 0.6 is 11.6 Å². The molecule has 132 valence electrons. The van der Waals surface area contributed by atoms with Gasteiger partial charge in [0.05, 0.1) is 17.9 Å². The number of anilines is 2. The van der Waals surface area contributed by atoms with Gasteiger partial charge in [-0.25, -0.2) is 13.6 Å². The van der Waals surface area contributed by atoms with Gasteiger partial charge in [-0.2, -0.15) is 0 Å². The number of halogens is 3. The highest BCUT2D eigenvalue weighted by Gasteiger charge is 2.14. The molecule has 4 N–H and O–H groups in total. The maximum atomic E-state index is 13.1. The maximum Gasteiger partial charge on any atom is 0.323 e. The van der Waals surface area contributed by atoms with E-state index in [0.29, 0.717) is 6.07 Å². The fourth-order valence-corrected chi connectivity index (χ4v) is 2.17. The molecule has 6 nitrogen and oxygen atoms in total. The summed E-state index contributed by atoms with van der Waals surface area (Å²) in [6, 6.07) is 5.94. The third-order valence-corrected chi connectivity index (χ3v) is 3.23. The van der Waals surface area contributed by atoms with Gasteiger partial charge in [0.2, 0.25) is 0 Å². The standard InChI is InChI=1S/C16H14ClF2N3O3/c17-9-1-2-13(15(24)20-3-4-23)14(5-9)22-16(25)21-12-7-10(18)6-11(19)8-12/h1-2,5-8,23H,3-4H2,(H,20,24)(H2,21,22,25). The molecule has 0 saturated carbocycles. The van der Waals surface area contributed by atoms with E-state index in [9.17, 15) is 18.4 Å². The molecule has 0 heterocycles. The van der Waals surface area contributed by atoms with E-state index in [0.717, 1.165) is 12.1 Å². The van der Waals surface area contributed by atoms with Crippen molar-refractivity contribution in [3.8, 4) is 0 Å². The average Bonchev–Trinajstić information content (AvgIpc) is 2.51. The van der Waals surface area contributed by atoms with Crippen molar-refractivity contribution >= 4 is 34.9 Å². The van der Waals surface area contributed by atoms with Crippen LogP contribution in [-0.4, -0.2) is 30.2 Å². The lowest BCUT2D eigenvalue weighted by Crippen LogP contribution is -2.28. The minimum Gasteiger partial charge on any atom is -0.395 e. The van der Waals surface area contributed by atoms with E-state index in [1.807, 2.05) is 0 Å². The SMILES string of the molecule is O=C(Nc1cc(F)cc(F)c1)Nc1cc(Cl)ccc1C(=O)NCCO. The molecule has 25 heavy (non-hydrogen) atoms. The Morgan fingerprint density at radius 1 is 1.04 bits per heavy atom. The molecule has 2 aromatic rings. The van der Waals surface area contributed by atoms with Gasteiger partial charge in [0.1, 0.15) is 11.6 Å². The molecule has 3 amide bonds. The Morgan fingerprint density at radius 3 is 2.36 bits per heavy atom. The van der Waals surface area contributed by atoms with Crippen LogP contribution in [0.3, 0.4) is 0 Å². The summed E-state index contributed by atoms with van der Waals surface area (Å²) in [5.74, 6) is -2.22. The lowest BCUT2D eigenvalue weighted by Gasteiger charge is -2.12. The Labute approximate surface area is 146 Å². The molecular weight excluding hydrogens is 356 g/mol. The molecule has 9 heteroatoms. The summed E-state index contributed by atoms with van der Waals surface area (Å²) in [6.45, 7) is -0.205. The van der Waals surface area contributed by atoms with Crippen molar-refractivity contribution in [3.63, 3.8) is 0 Å². The predicted molar refractivity (Wildman–Crippen MR) is 89.9 cm³/mol. The Hall–Kier alpha value is -2.71. The second kappa shape index (κ2) is 8.41. The van der Waals surface area contributed by atoms with Crippen LogP contribution in [0.15, 0.2) is 36.4 Å². The number of hydrogen-bond donors (Lipinski definition) is 4. The van der Waals surface area contributed by atoms with Gasteiger partial charge in [-0.3, -0.25) is 4.79 Å². The molecular formula is C16H14ClF2N3O3. The molecule has 0 fully saturated rings. The Morgan fingerprint density at radius 2 is 1.72 bits per heavy atom. The van der Waals surface area contributed by atoms with Gasteiger partial charge < -0.3 is 21.1 Å². The lowest BCUT2D eigenvalue weighted by molar-refractivity contribution is 0.0945. The zero-order valence-corrected chi connectivity index (χ0v) is 13.5. The molecule has 0 aliphatic heterocycles. The fraction of sp³-hybridized carbons (Fsp3) is 0.125. The van der Waals surface area contributed by atoms with E-state index >= 15 is 0 Å². The van der Waals surface area contributed by atoms with E-state index in [4.69, 9.17) is 16.7 Å². The number of carbonyl (C=O) groups excluding carboxylic acids is 2. The molecule has 0 aromatic heterocycles. The van der Waals surface area contributed by atoms with Crippen molar-refractivity contribution in [2.24, 2.45) is 0 Å². The first-order valence-corrected chi connectivity index (χ1v) is 7.49. The van der Waals surface area contributed by atoms with E-state index in [1.165, 1.54) is 18.2 Å². The largest absolute Gasteiger partial charge is 0.395 e. The monoisotopic (exact) mass is 369 g/mol. The minimum absolute atomic E-state index is 0.0374. The van der Waals surface area contributed by atoms with Crippen LogP contribution in [0.4, 0.5) is 25.0 Å². The normalized spacial score (nSPS) is 10.2. The van der Waals surface area contributed by atoms with Crippen molar-refractivity contribution < 1.29 is 23.5 Å². The van der Waals surface area contributed by atoms with Crippen LogP contribution in [0.5, 0.6) is 0 Å². The summed E-state index contributed by atoms with van der Waals surface area (Å²) in [7, 11) is 0. The first-order valence-electron chi connectivity index (χ1n) is 7.12. The smallest absolute Gasteiger partial charge is 0.323 e. The van der Waals surface area contributed by atoms with Crippen molar-refractivity contribution in [1.29, 1.82) is 0 Å². The summed E-state index contributed by atoms with van der Waals surface area (Å²) in [5, 5.41) is 16.1. The summed E-state index contributed by atoms with van der Waals surface area (Å²) in [5.41, 5.74) is 0.110. The van der Waals surface area contributed by atoms with Crippen LogP contribution in [0.25, 0.3) is 0 Å². The van der Waals surface area contributed by atoms with E-state index in [2.05, 4.69) is 16.0 Å². The summed E-state index contributed by atoms with van der Waals surface area (Å²) < 4.78 is 26.3. The van der Waals surface area contributed by atoms with Crippen LogP contribution in [0.1, 0.15) is 10.4 Å². The van der Waals surface area contributed by atoms with Crippen LogP contribution in [0.2, 0.25) is 5.02 Å². The van der Waals surface area contributed by atoms with Gasteiger partial charge >= 0.3 is 6.03 Å². The number of nitrogens with one attached hydrogen (secondary N) is 3. The summed E-state index contributed by atoms with van der Waals surface area (Å²) >= 11 is 5.87. The second-order valence-electron chi connectivity index (χ2n) is 4.91. The molecule has 0 spiro atoms. The number of hydrogen-bond acceptors (Lipinski definition) is 3. The molecule has 0 aliphatic rings. The third-order valence-electron chi connectivity index (χ3n) is 2.99. The number of amides is 3. The first kappa shape index (κ1) is 18.6. The van der Waals surface area contributed by atoms with Crippen molar-refractivity contribution in [1.82, 2.24) is 5.32 Å². The van der Waals surface area contributed by atoms with Crippen LogP contribution < -0.4 is 16.0 Å². The van der Waals surface area contributed by atoms with Crippen molar-refractivity contribution in [3.05, 3.63) is 58.6 Å². The molecule has 2 rings (SSSR count). The van der Waals surface area contributed by atoms with Gasteiger partial charge in [0, 0.05) is 23.3 Å². The number of aliphatic hydroxyl groups excluding tert-OH is 1. The van der Waals surface area contributed by atoms with Gasteiger partial charge in [0.15, 0.2) is 0 Å². The van der Waals surface area contributed by atoms with E-state index < -0.39 is 23.6 Å². The zero-order chi connectivity index (χ0) is 18.4. The quantitative estimate of drug-likeness (QED) is 0.653. The number of urea groups is 1. The number of aliphatic hydroxyl groups is 1. The lowest BCUT2D eigenvalue weighted by atomic mass is 10.1. The minimum atomic E-state index is -0.845. The van der Waals surface area contributed by atoms with E-state index in [1.54, 1.807) is 0 Å². The Balaban J connectivity index is 2.16. The second-order valence-corrected chi connectivity index (χ2v) is 5.34. The molecule has 0 atom stereocenters. The summed E-state index contributed by atoms with van der Waals surface area (Å²) in [4.78, 5) is 24.1.